The van der Waals surface area contributed by atoms with E-state index >= 15 is 0 Å². The van der Waals surface area contributed by atoms with Crippen LogP contribution in [0, 0.1) is 0 Å². The van der Waals surface area contributed by atoms with Crippen molar-refractivity contribution in [3.05, 3.63) is 84.2 Å². The number of benzene rings is 2. The van der Waals surface area contributed by atoms with Crippen molar-refractivity contribution in [2.45, 2.75) is 13.0 Å². The first-order valence-electron chi connectivity index (χ1n) is 7.90. The minimum atomic E-state index is -0.532. The van der Waals surface area contributed by atoms with E-state index in [9.17, 15) is 4.79 Å². The number of esters is 1. The van der Waals surface area contributed by atoms with E-state index in [1.165, 1.54) is 0 Å². The second kappa shape index (κ2) is 7.51. The van der Waals surface area contributed by atoms with Gasteiger partial charge in [0.2, 0.25) is 0 Å². The maximum absolute atomic E-state index is 12.3. The molecule has 0 saturated carbocycles. The van der Waals surface area contributed by atoms with Gasteiger partial charge in [-0.3, -0.25) is 0 Å². The largest absolute Gasteiger partial charge is 0.481 e. The summed E-state index contributed by atoms with van der Waals surface area (Å²) < 4.78 is 11.3. The van der Waals surface area contributed by atoms with E-state index < -0.39 is 6.10 Å². The summed E-state index contributed by atoms with van der Waals surface area (Å²) in [5.74, 6) is 0.314. The van der Waals surface area contributed by atoms with Gasteiger partial charge in [0.05, 0.1) is 12.2 Å². The van der Waals surface area contributed by atoms with Crippen LogP contribution in [0.4, 0.5) is 0 Å². The Balaban J connectivity index is 1.95. The molecule has 2 aromatic rings. The molecule has 2 aromatic carbocycles. The Morgan fingerprint density at radius 2 is 1.67 bits per heavy atom. The number of dihydropyridines is 1. The maximum atomic E-state index is 12.3. The van der Waals surface area contributed by atoms with Gasteiger partial charge in [0.15, 0.2) is 6.10 Å². The Kier molecular flexibility index (Phi) is 4.96. The van der Waals surface area contributed by atoms with E-state index in [1.807, 2.05) is 66.9 Å². The van der Waals surface area contributed by atoms with Crippen LogP contribution in [0.25, 0.3) is 5.57 Å². The van der Waals surface area contributed by atoms with Crippen molar-refractivity contribution < 1.29 is 14.3 Å². The summed E-state index contributed by atoms with van der Waals surface area (Å²) in [5, 5.41) is 3.03. The highest BCUT2D eigenvalue weighted by Gasteiger charge is 2.30. The zero-order valence-corrected chi connectivity index (χ0v) is 13.4. The van der Waals surface area contributed by atoms with Crippen LogP contribution < -0.4 is 10.1 Å². The van der Waals surface area contributed by atoms with Crippen molar-refractivity contribution in [2.24, 2.45) is 0 Å². The summed E-state index contributed by atoms with van der Waals surface area (Å²) in [6.07, 6.45) is 2.96. The average Bonchev–Trinajstić information content (AvgIpc) is 2.63. The summed E-state index contributed by atoms with van der Waals surface area (Å²) >= 11 is 0. The summed E-state index contributed by atoms with van der Waals surface area (Å²) in [6.45, 7) is 2.11. The van der Waals surface area contributed by atoms with Crippen molar-refractivity contribution in [3.63, 3.8) is 0 Å². The molecule has 0 saturated heterocycles. The van der Waals surface area contributed by atoms with E-state index in [0.717, 1.165) is 11.1 Å². The summed E-state index contributed by atoms with van der Waals surface area (Å²) in [6, 6.07) is 19.3. The molecular weight excluding hydrogens is 302 g/mol. The highest BCUT2D eigenvalue weighted by atomic mass is 16.5. The van der Waals surface area contributed by atoms with Gasteiger partial charge in [0.25, 0.3) is 0 Å². The second-order valence-corrected chi connectivity index (χ2v) is 5.26. The Morgan fingerprint density at radius 3 is 2.33 bits per heavy atom. The van der Waals surface area contributed by atoms with Crippen LogP contribution in [0.3, 0.4) is 0 Å². The molecule has 1 N–H and O–H groups in total. The highest BCUT2D eigenvalue weighted by Crippen LogP contribution is 2.29. The fourth-order valence-electron chi connectivity index (χ4n) is 2.55. The van der Waals surface area contributed by atoms with E-state index in [0.29, 0.717) is 17.9 Å². The predicted octanol–water partition coefficient (Wildman–Crippen LogP) is 3.53. The fourth-order valence-corrected chi connectivity index (χ4v) is 2.55. The lowest BCUT2D eigenvalue weighted by molar-refractivity contribution is -0.139. The van der Waals surface area contributed by atoms with Gasteiger partial charge in [-0.25, -0.2) is 4.79 Å². The minimum Gasteiger partial charge on any atom is -0.481 e. The zero-order chi connectivity index (χ0) is 16.8. The van der Waals surface area contributed by atoms with Crippen molar-refractivity contribution in [1.29, 1.82) is 0 Å². The molecule has 4 heteroatoms. The quantitative estimate of drug-likeness (QED) is 0.856. The van der Waals surface area contributed by atoms with E-state index in [-0.39, 0.29) is 5.97 Å². The topological polar surface area (TPSA) is 47.6 Å². The normalized spacial score (nSPS) is 16.5. The Morgan fingerprint density at radius 1 is 1.00 bits per heavy atom. The average molecular weight is 321 g/mol. The van der Waals surface area contributed by atoms with Gasteiger partial charge in [-0.2, -0.15) is 0 Å². The smallest absolute Gasteiger partial charge is 0.339 e. The van der Waals surface area contributed by atoms with Crippen LogP contribution in [-0.2, 0) is 9.53 Å². The van der Waals surface area contributed by atoms with Gasteiger partial charge in [-0.1, -0.05) is 48.5 Å². The van der Waals surface area contributed by atoms with Crippen molar-refractivity contribution in [3.8, 4) is 5.75 Å². The molecule has 0 aliphatic carbocycles. The van der Waals surface area contributed by atoms with Crippen LogP contribution in [0.5, 0.6) is 5.75 Å². The van der Waals surface area contributed by atoms with E-state index in [2.05, 4.69) is 5.32 Å². The van der Waals surface area contributed by atoms with Crippen molar-refractivity contribution >= 4 is 11.5 Å². The predicted molar refractivity (Wildman–Crippen MR) is 93.1 cm³/mol. The first-order valence-corrected chi connectivity index (χ1v) is 7.90. The molecule has 122 valence electrons. The maximum Gasteiger partial charge on any atom is 0.339 e. The number of carbonyl (C=O) groups excluding carboxylic acids is 1. The van der Waals surface area contributed by atoms with Gasteiger partial charge in [0, 0.05) is 18.0 Å². The van der Waals surface area contributed by atoms with Crippen molar-refractivity contribution in [2.75, 3.05) is 6.61 Å². The molecule has 0 amide bonds. The fraction of sp³-hybridized carbons (Fsp3) is 0.150. The Hall–Kier alpha value is -3.01. The van der Waals surface area contributed by atoms with E-state index in [1.54, 1.807) is 13.1 Å². The SMILES string of the molecule is CCOC(=O)C1=CNC=C(c2ccccc2)C1Oc1ccccc1. The van der Waals surface area contributed by atoms with Crippen LogP contribution in [0.1, 0.15) is 12.5 Å². The van der Waals surface area contributed by atoms with Gasteiger partial charge in [0.1, 0.15) is 5.75 Å². The molecule has 1 aliphatic heterocycles. The number of rotatable bonds is 5. The van der Waals surface area contributed by atoms with Gasteiger partial charge >= 0.3 is 5.97 Å². The molecule has 24 heavy (non-hydrogen) atoms. The molecule has 4 nitrogen and oxygen atoms in total. The number of hydrogen-bond acceptors (Lipinski definition) is 4. The van der Waals surface area contributed by atoms with Gasteiger partial charge < -0.3 is 14.8 Å². The highest BCUT2D eigenvalue weighted by molar-refractivity contribution is 5.95. The molecule has 0 spiro atoms. The number of hydrogen-bond donors (Lipinski definition) is 1. The molecule has 1 heterocycles. The minimum absolute atomic E-state index is 0.318. The third-order valence-corrected chi connectivity index (χ3v) is 3.66. The second-order valence-electron chi connectivity index (χ2n) is 5.26. The lowest BCUT2D eigenvalue weighted by Crippen LogP contribution is -2.32. The molecule has 1 atom stereocenters. The lowest BCUT2D eigenvalue weighted by atomic mass is 9.94. The van der Waals surface area contributed by atoms with E-state index in [4.69, 9.17) is 9.47 Å². The summed E-state index contributed by atoms with van der Waals surface area (Å²) in [7, 11) is 0. The summed E-state index contributed by atoms with van der Waals surface area (Å²) in [4.78, 5) is 12.3. The molecule has 1 unspecified atom stereocenters. The van der Waals surface area contributed by atoms with Gasteiger partial charge in [-0.05, 0) is 24.6 Å². The van der Waals surface area contributed by atoms with Crippen LogP contribution >= 0.6 is 0 Å². The standard InChI is InChI=1S/C20H19NO3/c1-2-23-20(22)18-14-21-13-17(15-9-5-3-6-10-15)19(18)24-16-11-7-4-8-12-16/h3-14,19,21H,2H2,1H3. The molecule has 0 bridgehead atoms. The number of para-hydroxylation sites is 1. The molecule has 1 aliphatic rings. The number of nitrogens with one attached hydrogen (secondary N) is 1. The first kappa shape index (κ1) is 15.9. The zero-order valence-electron chi connectivity index (χ0n) is 13.4. The number of ether oxygens (including phenoxy) is 2. The monoisotopic (exact) mass is 321 g/mol. The molecule has 0 aromatic heterocycles. The Bertz CT molecular complexity index is 751. The number of carbonyl (C=O) groups is 1. The third kappa shape index (κ3) is 3.49. The van der Waals surface area contributed by atoms with Crippen LogP contribution in [0.2, 0.25) is 0 Å². The molecular formula is C20H19NO3. The molecule has 3 rings (SSSR count). The lowest BCUT2D eigenvalue weighted by Gasteiger charge is -2.26. The molecule has 0 fully saturated rings. The van der Waals surface area contributed by atoms with Crippen LogP contribution in [0.15, 0.2) is 78.6 Å². The Labute approximate surface area is 141 Å². The van der Waals surface area contributed by atoms with Crippen molar-refractivity contribution in [1.82, 2.24) is 5.32 Å². The summed E-state index contributed by atoms with van der Waals surface area (Å²) in [5.41, 5.74) is 2.31. The third-order valence-electron chi connectivity index (χ3n) is 3.66. The van der Waals surface area contributed by atoms with Crippen LogP contribution in [-0.4, -0.2) is 18.7 Å². The first-order chi connectivity index (χ1) is 11.8. The van der Waals surface area contributed by atoms with Gasteiger partial charge in [-0.15, -0.1) is 0 Å². The molecule has 0 radical (unpaired) electrons.